The number of hydroxylamine groups is 1. The van der Waals surface area contributed by atoms with Crippen molar-refractivity contribution in [2.24, 2.45) is 0 Å². The summed E-state index contributed by atoms with van der Waals surface area (Å²) in [6, 6.07) is 15.4. The maximum Gasteiger partial charge on any atom is 0.253 e. The Kier molecular flexibility index (Phi) is 4.70. The van der Waals surface area contributed by atoms with E-state index in [2.05, 4.69) is 5.48 Å². The third-order valence-electron chi connectivity index (χ3n) is 3.38. The van der Waals surface area contributed by atoms with Gasteiger partial charge in [0.15, 0.2) is 0 Å². The van der Waals surface area contributed by atoms with Gasteiger partial charge in [0.05, 0.1) is 12.0 Å². The Balaban J connectivity index is 1.91. The second kappa shape index (κ2) is 6.50. The van der Waals surface area contributed by atoms with Crippen molar-refractivity contribution in [1.82, 2.24) is 5.48 Å². The number of benzene rings is 2. The quantitative estimate of drug-likeness (QED) is 0.856. The fourth-order valence-electron chi connectivity index (χ4n) is 1.88. The number of hydrogen-bond acceptors (Lipinski definition) is 2. The number of amides is 1. The molecule has 2 rings (SSSR count). The number of rotatable bonds is 5. The van der Waals surface area contributed by atoms with Gasteiger partial charge in [0, 0.05) is 0 Å². The van der Waals surface area contributed by atoms with Crippen molar-refractivity contribution < 1.29 is 14.0 Å². The molecular weight excluding hydrogens is 269 g/mol. The van der Waals surface area contributed by atoms with Crippen LogP contribution in [0.3, 0.4) is 0 Å². The van der Waals surface area contributed by atoms with Crippen molar-refractivity contribution in [2.45, 2.75) is 25.9 Å². The van der Waals surface area contributed by atoms with Crippen molar-refractivity contribution in [3.63, 3.8) is 0 Å². The van der Waals surface area contributed by atoms with Crippen molar-refractivity contribution in [1.29, 1.82) is 0 Å². The molecule has 0 aromatic heterocycles. The van der Waals surface area contributed by atoms with Crippen LogP contribution in [0.15, 0.2) is 54.6 Å². The molecular formula is C17H18FNO2. The molecule has 0 radical (unpaired) electrons. The summed E-state index contributed by atoms with van der Waals surface area (Å²) in [5.74, 6) is -0.524. The van der Waals surface area contributed by atoms with Gasteiger partial charge in [0.1, 0.15) is 5.82 Å². The molecule has 110 valence electrons. The van der Waals surface area contributed by atoms with Crippen molar-refractivity contribution >= 4 is 5.91 Å². The molecule has 21 heavy (non-hydrogen) atoms. The topological polar surface area (TPSA) is 38.3 Å². The Bertz CT molecular complexity index is 594. The van der Waals surface area contributed by atoms with Gasteiger partial charge in [-0.2, -0.15) is 0 Å². The van der Waals surface area contributed by atoms with E-state index in [-0.39, 0.29) is 18.3 Å². The standard InChI is InChI=1S/C17H18FNO2/c1-17(2,14-6-4-3-5-7-14)16(20)19-21-12-13-8-10-15(18)11-9-13/h3-11H,12H2,1-2H3,(H,19,20). The van der Waals surface area contributed by atoms with E-state index in [1.807, 2.05) is 44.2 Å². The average Bonchev–Trinajstić information content (AvgIpc) is 2.50. The highest BCUT2D eigenvalue weighted by Crippen LogP contribution is 2.22. The molecule has 0 aliphatic carbocycles. The fraction of sp³-hybridized carbons (Fsp3) is 0.235. The van der Waals surface area contributed by atoms with E-state index >= 15 is 0 Å². The van der Waals surface area contributed by atoms with E-state index < -0.39 is 5.41 Å². The third-order valence-corrected chi connectivity index (χ3v) is 3.38. The SMILES string of the molecule is CC(C)(C(=O)NOCc1ccc(F)cc1)c1ccccc1. The molecule has 0 bridgehead atoms. The van der Waals surface area contributed by atoms with Crippen molar-refractivity contribution in [2.75, 3.05) is 0 Å². The summed E-state index contributed by atoms with van der Waals surface area (Å²) in [6.45, 7) is 3.86. The second-order valence-electron chi connectivity index (χ2n) is 5.34. The minimum Gasteiger partial charge on any atom is -0.272 e. The van der Waals surface area contributed by atoms with E-state index in [1.165, 1.54) is 12.1 Å². The molecule has 0 saturated heterocycles. The number of nitrogens with one attached hydrogen (secondary N) is 1. The summed E-state index contributed by atoms with van der Waals surface area (Å²) in [5, 5.41) is 0. The Morgan fingerprint density at radius 1 is 1.10 bits per heavy atom. The van der Waals surface area contributed by atoms with Gasteiger partial charge in [-0.15, -0.1) is 0 Å². The van der Waals surface area contributed by atoms with Gasteiger partial charge < -0.3 is 0 Å². The first-order valence-corrected chi connectivity index (χ1v) is 6.72. The lowest BCUT2D eigenvalue weighted by molar-refractivity contribution is -0.139. The summed E-state index contributed by atoms with van der Waals surface area (Å²) >= 11 is 0. The molecule has 0 aliphatic rings. The number of carbonyl (C=O) groups excluding carboxylic acids is 1. The Morgan fingerprint density at radius 2 is 1.71 bits per heavy atom. The van der Waals surface area contributed by atoms with E-state index in [0.29, 0.717) is 0 Å². The first kappa shape index (κ1) is 15.2. The predicted octanol–water partition coefficient (Wildman–Crippen LogP) is 3.35. The minimum atomic E-state index is -0.690. The third kappa shape index (κ3) is 3.89. The van der Waals surface area contributed by atoms with Gasteiger partial charge in [-0.05, 0) is 37.1 Å². The van der Waals surface area contributed by atoms with Crippen LogP contribution >= 0.6 is 0 Å². The lowest BCUT2D eigenvalue weighted by Gasteiger charge is -2.23. The molecule has 2 aromatic rings. The monoisotopic (exact) mass is 287 g/mol. The molecule has 4 heteroatoms. The fourth-order valence-corrected chi connectivity index (χ4v) is 1.88. The molecule has 0 atom stereocenters. The van der Waals surface area contributed by atoms with Crippen LogP contribution in [0.4, 0.5) is 4.39 Å². The smallest absolute Gasteiger partial charge is 0.253 e. The highest BCUT2D eigenvalue weighted by Gasteiger charge is 2.29. The average molecular weight is 287 g/mol. The predicted molar refractivity (Wildman–Crippen MR) is 78.8 cm³/mol. The lowest BCUT2D eigenvalue weighted by Crippen LogP contribution is -2.39. The van der Waals surface area contributed by atoms with Gasteiger partial charge in [-0.3, -0.25) is 9.63 Å². The minimum absolute atomic E-state index is 0.191. The number of carbonyl (C=O) groups is 1. The van der Waals surface area contributed by atoms with Crippen LogP contribution in [0.2, 0.25) is 0 Å². The second-order valence-corrected chi connectivity index (χ2v) is 5.34. The molecule has 0 fully saturated rings. The van der Waals surface area contributed by atoms with E-state index in [9.17, 15) is 9.18 Å². The van der Waals surface area contributed by atoms with Crippen LogP contribution in [0.25, 0.3) is 0 Å². The van der Waals surface area contributed by atoms with E-state index in [0.717, 1.165) is 11.1 Å². The van der Waals surface area contributed by atoms with E-state index in [4.69, 9.17) is 4.84 Å². The number of hydrogen-bond donors (Lipinski definition) is 1. The van der Waals surface area contributed by atoms with Gasteiger partial charge in [-0.1, -0.05) is 42.5 Å². The Morgan fingerprint density at radius 3 is 2.33 bits per heavy atom. The molecule has 2 aromatic carbocycles. The van der Waals surface area contributed by atoms with Crippen LogP contribution in [0, 0.1) is 5.82 Å². The molecule has 1 amide bonds. The molecule has 0 heterocycles. The van der Waals surface area contributed by atoms with Gasteiger partial charge in [-0.25, -0.2) is 9.87 Å². The van der Waals surface area contributed by atoms with Crippen molar-refractivity contribution in [3.05, 3.63) is 71.5 Å². The lowest BCUT2D eigenvalue weighted by atomic mass is 9.84. The van der Waals surface area contributed by atoms with Crippen LogP contribution in [-0.2, 0) is 21.7 Å². The number of halogens is 1. The zero-order chi connectivity index (χ0) is 15.3. The van der Waals surface area contributed by atoms with Crippen LogP contribution in [0.1, 0.15) is 25.0 Å². The summed E-state index contributed by atoms with van der Waals surface area (Å²) < 4.78 is 12.8. The van der Waals surface area contributed by atoms with Gasteiger partial charge in [0.2, 0.25) is 0 Å². The van der Waals surface area contributed by atoms with Crippen LogP contribution in [-0.4, -0.2) is 5.91 Å². The summed E-state index contributed by atoms with van der Waals surface area (Å²) in [5.41, 5.74) is 3.46. The first-order chi connectivity index (χ1) is 10.00. The highest BCUT2D eigenvalue weighted by atomic mass is 19.1. The molecule has 0 spiro atoms. The zero-order valence-corrected chi connectivity index (χ0v) is 12.1. The molecule has 0 unspecified atom stereocenters. The molecule has 0 saturated carbocycles. The molecule has 3 nitrogen and oxygen atoms in total. The van der Waals surface area contributed by atoms with Gasteiger partial charge in [0.25, 0.3) is 5.91 Å². The maximum atomic E-state index is 12.8. The summed E-state index contributed by atoms with van der Waals surface area (Å²) in [4.78, 5) is 17.4. The highest BCUT2D eigenvalue weighted by molar-refractivity contribution is 5.86. The molecule has 0 aliphatic heterocycles. The van der Waals surface area contributed by atoms with Crippen LogP contribution < -0.4 is 5.48 Å². The Hall–Kier alpha value is -2.20. The normalized spacial score (nSPS) is 11.2. The summed E-state index contributed by atoms with van der Waals surface area (Å²) in [6.07, 6.45) is 0. The maximum absolute atomic E-state index is 12.8. The molecule has 1 N–H and O–H groups in total. The van der Waals surface area contributed by atoms with Gasteiger partial charge >= 0.3 is 0 Å². The van der Waals surface area contributed by atoms with E-state index in [1.54, 1.807) is 12.1 Å². The van der Waals surface area contributed by atoms with Crippen molar-refractivity contribution in [3.8, 4) is 0 Å². The largest absolute Gasteiger partial charge is 0.272 e. The summed E-state index contributed by atoms with van der Waals surface area (Å²) in [7, 11) is 0. The first-order valence-electron chi connectivity index (χ1n) is 6.72. The Labute approximate surface area is 123 Å². The van der Waals surface area contributed by atoms with Crippen LogP contribution in [0.5, 0.6) is 0 Å². The zero-order valence-electron chi connectivity index (χ0n) is 12.1.